The van der Waals surface area contributed by atoms with Crippen molar-refractivity contribution in [1.82, 2.24) is 0 Å². The lowest BCUT2D eigenvalue weighted by atomic mass is 9.65. The van der Waals surface area contributed by atoms with Crippen molar-refractivity contribution in [3.63, 3.8) is 0 Å². The van der Waals surface area contributed by atoms with Crippen LogP contribution in [0.15, 0.2) is 48.1 Å². The third kappa shape index (κ3) is 2.60. The van der Waals surface area contributed by atoms with Crippen LogP contribution in [0.2, 0.25) is 0 Å². The van der Waals surface area contributed by atoms with E-state index in [1.165, 1.54) is 11.1 Å². The van der Waals surface area contributed by atoms with Gasteiger partial charge in [0.15, 0.2) is 0 Å². The monoisotopic (exact) mass is 255 g/mol. The van der Waals surface area contributed by atoms with E-state index in [2.05, 4.69) is 64.1 Å². The van der Waals surface area contributed by atoms with E-state index in [0.717, 1.165) is 12.1 Å². The van der Waals surface area contributed by atoms with Gasteiger partial charge in [-0.15, -0.1) is 0 Å². The molecule has 0 amide bonds. The molecule has 1 unspecified atom stereocenters. The van der Waals surface area contributed by atoms with Gasteiger partial charge in [0.2, 0.25) is 0 Å². The Morgan fingerprint density at radius 1 is 1.16 bits per heavy atom. The Hall–Kier alpha value is -1.50. The predicted molar refractivity (Wildman–Crippen MR) is 84.0 cm³/mol. The van der Waals surface area contributed by atoms with Gasteiger partial charge in [0.05, 0.1) is 0 Å². The van der Waals surface area contributed by atoms with Crippen molar-refractivity contribution in [2.24, 2.45) is 11.8 Å². The smallest absolute Gasteiger partial charge is 0.0317 e. The highest BCUT2D eigenvalue weighted by Gasteiger charge is 2.35. The van der Waals surface area contributed by atoms with Crippen molar-refractivity contribution >= 4 is 5.69 Å². The summed E-state index contributed by atoms with van der Waals surface area (Å²) in [5.74, 6) is 1.15. The zero-order valence-electron chi connectivity index (χ0n) is 12.5. The lowest BCUT2D eigenvalue weighted by Crippen LogP contribution is -2.32. The largest absolute Gasteiger partial charge is 0.399 e. The Kier molecular flexibility index (Phi) is 3.84. The van der Waals surface area contributed by atoms with Gasteiger partial charge in [-0.25, -0.2) is 0 Å². The maximum absolute atomic E-state index is 5.98. The van der Waals surface area contributed by atoms with Crippen LogP contribution in [-0.4, -0.2) is 0 Å². The van der Waals surface area contributed by atoms with E-state index in [1.807, 2.05) is 6.07 Å². The van der Waals surface area contributed by atoms with Crippen molar-refractivity contribution in [2.75, 3.05) is 5.73 Å². The van der Waals surface area contributed by atoms with Crippen LogP contribution in [0.4, 0.5) is 5.69 Å². The van der Waals surface area contributed by atoms with Crippen LogP contribution < -0.4 is 5.73 Å². The van der Waals surface area contributed by atoms with E-state index in [-0.39, 0.29) is 5.41 Å². The maximum Gasteiger partial charge on any atom is 0.0317 e. The topological polar surface area (TPSA) is 26.0 Å². The molecule has 0 bridgehead atoms. The molecule has 0 heterocycles. The Balaban J connectivity index is 2.47. The summed E-state index contributed by atoms with van der Waals surface area (Å²) < 4.78 is 0. The van der Waals surface area contributed by atoms with E-state index >= 15 is 0 Å². The molecule has 1 nitrogen and oxygen atoms in total. The van der Waals surface area contributed by atoms with Gasteiger partial charge in [-0.2, -0.15) is 0 Å². The molecule has 0 fully saturated rings. The first-order valence-corrected chi connectivity index (χ1v) is 7.20. The highest BCUT2D eigenvalue weighted by molar-refractivity contribution is 5.47. The summed E-state index contributed by atoms with van der Waals surface area (Å²) in [6.45, 7) is 9.15. The Bertz CT molecular complexity index is 508. The zero-order chi connectivity index (χ0) is 14.0. The highest BCUT2D eigenvalue weighted by atomic mass is 14.5. The van der Waals surface area contributed by atoms with Gasteiger partial charge in [0.1, 0.15) is 0 Å². The van der Waals surface area contributed by atoms with Gasteiger partial charge in [-0.3, -0.25) is 0 Å². The van der Waals surface area contributed by atoms with Crippen molar-refractivity contribution in [3.8, 4) is 0 Å². The predicted octanol–water partition coefficient (Wildman–Crippen LogP) is 4.70. The molecule has 1 aromatic carbocycles. The number of rotatable bonds is 3. The quantitative estimate of drug-likeness (QED) is 0.778. The first kappa shape index (κ1) is 13.9. The first-order valence-electron chi connectivity index (χ1n) is 7.20. The van der Waals surface area contributed by atoms with Crippen LogP contribution in [-0.2, 0) is 5.41 Å². The highest BCUT2D eigenvalue weighted by Crippen LogP contribution is 2.43. The summed E-state index contributed by atoms with van der Waals surface area (Å²) in [7, 11) is 0. The van der Waals surface area contributed by atoms with Crippen LogP contribution in [0.25, 0.3) is 0 Å². The molecule has 102 valence electrons. The Labute approximate surface area is 117 Å². The average molecular weight is 255 g/mol. The van der Waals surface area contributed by atoms with Gasteiger partial charge < -0.3 is 5.73 Å². The van der Waals surface area contributed by atoms with Gasteiger partial charge in [0, 0.05) is 11.1 Å². The third-order valence-electron chi connectivity index (χ3n) is 4.40. The summed E-state index contributed by atoms with van der Waals surface area (Å²) in [6, 6.07) is 8.37. The Morgan fingerprint density at radius 3 is 2.47 bits per heavy atom. The van der Waals surface area contributed by atoms with Crippen LogP contribution in [0.1, 0.15) is 39.7 Å². The van der Waals surface area contributed by atoms with Gasteiger partial charge in [-0.05, 0) is 36.0 Å². The third-order valence-corrected chi connectivity index (χ3v) is 4.40. The standard InChI is InChI=1S/C18H25N/c1-13(2)15-7-6-10-18(12-15,14(3)4)16-8-5-9-17(19)11-16/h5-11,13-14H,12,19H2,1-4H3. The fourth-order valence-corrected chi connectivity index (χ4v) is 2.95. The summed E-state index contributed by atoms with van der Waals surface area (Å²) in [4.78, 5) is 0. The molecule has 1 aliphatic carbocycles. The summed E-state index contributed by atoms with van der Waals surface area (Å²) >= 11 is 0. The number of hydrogen-bond acceptors (Lipinski definition) is 1. The number of nitrogen functional groups attached to an aromatic ring is 1. The minimum atomic E-state index is 0.0870. The van der Waals surface area contributed by atoms with Gasteiger partial charge in [0.25, 0.3) is 0 Å². The number of anilines is 1. The lowest BCUT2D eigenvalue weighted by Gasteiger charge is -2.39. The number of hydrogen-bond donors (Lipinski definition) is 1. The zero-order valence-corrected chi connectivity index (χ0v) is 12.5. The molecule has 2 rings (SSSR count). The minimum absolute atomic E-state index is 0.0870. The first-order chi connectivity index (χ1) is 8.95. The molecule has 0 saturated heterocycles. The van der Waals surface area contributed by atoms with E-state index in [9.17, 15) is 0 Å². The molecule has 1 aromatic rings. The van der Waals surface area contributed by atoms with Crippen molar-refractivity contribution in [2.45, 2.75) is 39.5 Å². The molecule has 1 heteroatoms. The van der Waals surface area contributed by atoms with Gasteiger partial charge >= 0.3 is 0 Å². The van der Waals surface area contributed by atoms with Crippen molar-refractivity contribution in [3.05, 3.63) is 53.6 Å². The second-order valence-corrected chi connectivity index (χ2v) is 6.25. The molecule has 0 saturated carbocycles. The molecule has 0 radical (unpaired) electrons. The molecule has 0 spiro atoms. The van der Waals surface area contributed by atoms with E-state index in [1.54, 1.807) is 0 Å². The number of nitrogens with two attached hydrogens (primary N) is 1. The van der Waals surface area contributed by atoms with Crippen LogP contribution in [0, 0.1) is 11.8 Å². The SMILES string of the molecule is CC(C)C1=CC=CC(c2cccc(N)c2)(C(C)C)C1. The lowest BCUT2D eigenvalue weighted by molar-refractivity contribution is 0.367. The van der Waals surface area contributed by atoms with E-state index < -0.39 is 0 Å². The summed E-state index contributed by atoms with van der Waals surface area (Å²) in [5.41, 5.74) is 9.78. The fourth-order valence-electron chi connectivity index (χ4n) is 2.95. The van der Waals surface area contributed by atoms with E-state index in [4.69, 9.17) is 5.73 Å². The van der Waals surface area contributed by atoms with E-state index in [0.29, 0.717) is 11.8 Å². The van der Waals surface area contributed by atoms with Crippen LogP contribution >= 0.6 is 0 Å². The Morgan fingerprint density at radius 2 is 1.89 bits per heavy atom. The minimum Gasteiger partial charge on any atom is -0.399 e. The molecule has 0 aliphatic heterocycles. The molecule has 1 atom stereocenters. The maximum atomic E-state index is 5.98. The summed E-state index contributed by atoms with van der Waals surface area (Å²) in [5, 5.41) is 0. The van der Waals surface area contributed by atoms with Crippen molar-refractivity contribution < 1.29 is 0 Å². The molecule has 2 N–H and O–H groups in total. The van der Waals surface area contributed by atoms with Gasteiger partial charge in [-0.1, -0.05) is 63.6 Å². The molecule has 19 heavy (non-hydrogen) atoms. The second kappa shape index (κ2) is 5.24. The average Bonchev–Trinajstić information content (AvgIpc) is 2.38. The van der Waals surface area contributed by atoms with Crippen LogP contribution in [0.3, 0.4) is 0 Å². The number of allylic oxidation sites excluding steroid dienone is 4. The fraction of sp³-hybridized carbons (Fsp3) is 0.444. The molecular weight excluding hydrogens is 230 g/mol. The molecular formula is C18H25N. The number of benzene rings is 1. The molecule has 1 aliphatic rings. The van der Waals surface area contributed by atoms with Crippen LogP contribution in [0.5, 0.6) is 0 Å². The normalized spacial score (nSPS) is 22.9. The molecule has 0 aromatic heterocycles. The summed E-state index contributed by atoms with van der Waals surface area (Å²) in [6.07, 6.45) is 7.96. The van der Waals surface area contributed by atoms with Crippen molar-refractivity contribution in [1.29, 1.82) is 0 Å². The second-order valence-electron chi connectivity index (χ2n) is 6.25.